The highest BCUT2D eigenvalue weighted by atomic mass is 16.7. The summed E-state index contributed by atoms with van der Waals surface area (Å²) < 4.78 is 21.3. The van der Waals surface area contributed by atoms with E-state index in [2.05, 4.69) is 0 Å². The summed E-state index contributed by atoms with van der Waals surface area (Å²) in [5, 5.41) is 0. The predicted molar refractivity (Wildman–Crippen MR) is 75.0 cm³/mol. The van der Waals surface area contributed by atoms with E-state index in [0.717, 1.165) is 5.57 Å². The molecule has 0 radical (unpaired) electrons. The Morgan fingerprint density at radius 1 is 1.18 bits per heavy atom. The van der Waals surface area contributed by atoms with Crippen molar-refractivity contribution in [1.29, 1.82) is 0 Å². The van der Waals surface area contributed by atoms with Gasteiger partial charge in [0.25, 0.3) is 0 Å². The second-order valence-corrected chi connectivity index (χ2v) is 5.94. The quantitative estimate of drug-likeness (QED) is 0.533. The summed E-state index contributed by atoms with van der Waals surface area (Å²) >= 11 is 0. The summed E-state index contributed by atoms with van der Waals surface area (Å²) in [7, 11) is 2.71. The maximum absolute atomic E-state index is 12.5. The molecule has 1 atom stereocenters. The Hall–Kier alpha value is -1.60. The number of hydrogen-bond donors (Lipinski definition) is 0. The van der Waals surface area contributed by atoms with Crippen molar-refractivity contribution in [2.24, 2.45) is 5.41 Å². The van der Waals surface area contributed by atoms with Crippen molar-refractivity contribution in [3.8, 4) is 0 Å². The van der Waals surface area contributed by atoms with Gasteiger partial charge in [0.2, 0.25) is 0 Å². The van der Waals surface area contributed by atoms with Gasteiger partial charge < -0.3 is 23.8 Å². The van der Waals surface area contributed by atoms with Crippen molar-refractivity contribution < 1.29 is 28.5 Å². The standard InChI is InChI=1S/C15H21NO6/c1-19-12(17)14-4-5-15(21-7-8-22-15)9-11(14)3-6-16(10-14)13(18)20-2/h3H,4-10H2,1-2H3/t14-/m1/s1. The summed E-state index contributed by atoms with van der Waals surface area (Å²) in [6, 6.07) is 0. The van der Waals surface area contributed by atoms with Gasteiger partial charge in [0, 0.05) is 25.9 Å². The molecule has 0 N–H and O–H groups in total. The van der Waals surface area contributed by atoms with Crippen molar-refractivity contribution in [2.75, 3.05) is 40.5 Å². The monoisotopic (exact) mass is 311 g/mol. The molecule has 7 nitrogen and oxygen atoms in total. The van der Waals surface area contributed by atoms with Crippen LogP contribution in [-0.2, 0) is 23.7 Å². The van der Waals surface area contributed by atoms with Crippen LogP contribution in [0.4, 0.5) is 4.79 Å². The maximum Gasteiger partial charge on any atom is 0.409 e. The van der Waals surface area contributed by atoms with Crippen molar-refractivity contribution in [3.05, 3.63) is 11.6 Å². The lowest BCUT2D eigenvalue weighted by molar-refractivity contribution is -0.186. The number of methoxy groups -OCH3 is 2. The molecule has 0 aromatic carbocycles. The number of fused-ring (bicyclic) bond motifs is 1. The Bertz CT molecular complexity index is 510. The van der Waals surface area contributed by atoms with E-state index in [1.807, 2.05) is 6.08 Å². The number of amides is 1. The molecular weight excluding hydrogens is 290 g/mol. The Morgan fingerprint density at radius 3 is 2.55 bits per heavy atom. The first kappa shape index (κ1) is 15.3. The fourth-order valence-corrected chi connectivity index (χ4v) is 3.68. The number of nitrogens with zero attached hydrogens (tertiary/aromatic N) is 1. The average Bonchev–Trinajstić information content (AvgIpc) is 3.01. The van der Waals surface area contributed by atoms with Crippen molar-refractivity contribution in [3.63, 3.8) is 0 Å². The number of carbonyl (C=O) groups is 2. The first-order chi connectivity index (χ1) is 10.6. The van der Waals surface area contributed by atoms with Crippen LogP contribution in [0.15, 0.2) is 11.6 Å². The Morgan fingerprint density at radius 2 is 1.91 bits per heavy atom. The van der Waals surface area contributed by atoms with E-state index >= 15 is 0 Å². The number of rotatable bonds is 1. The molecule has 0 unspecified atom stereocenters. The third-order valence-corrected chi connectivity index (χ3v) is 4.85. The molecule has 2 heterocycles. The molecule has 2 fully saturated rings. The van der Waals surface area contributed by atoms with Crippen LogP contribution in [0.5, 0.6) is 0 Å². The van der Waals surface area contributed by atoms with E-state index in [4.69, 9.17) is 18.9 Å². The average molecular weight is 311 g/mol. The summed E-state index contributed by atoms with van der Waals surface area (Å²) in [5.74, 6) is -0.934. The number of carbonyl (C=O) groups excluding carboxylic acids is 2. The predicted octanol–water partition coefficient (Wildman–Crippen LogP) is 1.08. The summed E-state index contributed by atoms with van der Waals surface area (Å²) in [4.78, 5) is 25.8. The van der Waals surface area contributed by atoms with Crippen LogP contribution in [0.3, 0.4) is 0 Å². The van der Waals surface area contributed by atoms with Gasteiger partial charge in [-0.25, -0.2) is 4.79 Å². The zero-order valence-corrected chi connectivity index (χ0v) is 12.9. The highest BCUT2D eigenvalue weighted by molar-refractivity contribution is 5.83. The molecule has 1 amide bonds. The van der Waals surface area contributed by atoms with Crippen LogP contribution in [0.25, 0.3) is 0 Å². The molecule has 2 aliphatic heterocycles. The molecule has 3 aliphatic rings. The molecule has 3 rings (SSSR count). The number of hydrogen-bond acceptors (Lipinski definition) is 6. The Labute approximate surface area is 129 Å². The SMILES string of the molecule is COC(=O)N1CC=C2CC3(CC[C@@]2(C(=O)OC)C1)OCCO3. The molecule has 1 saturated heterocycles. The van der Waals surface area contributed by atoms with Gasteiger partial charge in [-0.1, -0.05) is 6.08 Å². The number of ether oxygens (including phenoxy) is 4. The van der Waals surface area contributed by atoms with Gasteiger partial charge in [-0.15, -0.1) is 0 Å². The van der Waals surface area contributed by atoms with Crippen LogP contribution in [-0.4, -0.2) is 63.3 Å². The molecule has 22 heavy (non-hydrogen) atoms. The molecule has 0 aromatic rings. The van der Waals surface area contributed by atoms with Gasteiger partial charge in [-0.05, 0) is 12.0 Å². The molecule has 122 valence electrons. The van der Waals surface area contributed by atoms with Gasteiger partial charge in [0.15, 0.2) is 5.79 Å². The molecule has 0 aromatic heterocycles. The molecule has 1 spiro atoms. The first-order valence-corrected chi connectivity index (χ1v) is 7.44. The maximum atomic E-state index is 12.5. The van der Waals surface area contributed by atoms with E-state index in [1.54, 1.807) is 0 Å². The zero-order chi connectivity index (χ0) is 15.8. The minimum atomic E-state index is -0.818. The highest BCUT2D eigenvalue weighted by Gasteiger charge is 2.55. The minimum absolute atomic E-state index is 0.272. The van der Waals surface area contributed by atoms with Crippen LogP contribution >= 0.6 is 0 Å². The topological polar surface area (TPSA) is 74.3 Å². The summed E-state index contributed by atoms with van der Waals surface area (Å²) in [6.07, 6.45) is 3.14. The van der Waals surface area contributed by atoms with Crippen LogP contribution in [0.2, 0.25) is 0 Å². The molecule has 7 heteroatoms. The van der Waals surface area contributed by atoms with Crippen molar-refractivity contribution >= 4 is 12.1 Å². The van der Waals surface area contributed by atoms with E-state index in [1.165, 1.54) is 19.1 Å². The van der Waals surface area contributed by atoms with Crippen LogP contribution in [0.1, 0.15) is 19.3 Å². The van der Waals surface area contributed by atoms with E-state index in [9.17, 15) is 9.59 Å². The summed E-state index contributed by atoms with van der Waals surface area (Å²) in [5.41, 5.74) is 0.120. The van der Waals surface area contributed by atoms with Gasteiger partial charge in [-0.3, -0.25) is 4.79 Å². The summed E-state index contributed by atoms with van der Waals surface area (Å²) in [6.45, 7) is 1.84. The molecular formula is C15H21NO6. The third kappa shape index (κ3) is 2.28. The fourth-order valence-electron chi connectivity index (χ4n) is 3.68. The van der Waals surface area contributed by atoms with Gasteiger partial charge in [0.05, 0.1) is 27.4 Å². The Kier molecular flexibility index (Phi) is 3.86. The molecule has 1 saturated carbocycles. The van der Waals surface area contributed by atoms with E-state index in [-0.39, 0.29) is 12.5 Å². The normalized spacial score (nSPS) is 29.7. The fraction of sp³-hybridized carbons (Fsp3) is 0.733. The second-order valence-electron chi connectivity index (χ2n) is 5.94. The highest BCUT2D eigenvalue weighted by Crippen LogP contribution is 2.50. The van der Waals surface area contributed by atoms with Crippen molar-refractivity contribution in [2.45, 2.75) is 25.0 Å². The first-order valence-electron chi connectivity index (χ1n) is 7.44. The second kappa shape index (κ2) is 5.55. The van der Waals surface area contributed by atoms with Gasteiger partial charge in [-0.2, -0.15) is 0 Å². The smallest absolute Gasteiger partial charge is 0.409 e. The lowest BCUT2D eigenvalue weighted by Gasteiger charge is -2.47. The minimum Gasteiger partial charge on any atom is -0.468 e. The lowest BCUT2D eigenvalue weighted by Crippen LogP contribution is -2.55. The number of esters is 1. The van der Waals surface area contributed by atoms with Gasteiger partial charge >= 0.3 is 12.1 Å². The Balaban J connectivity index is 1.91. The zero-order valence-electron chi connectivity index (χ0n) is 12.9. The largest absolute Gasteiger partial charge is 0.468 e. The van der Waals surface area contributed by atoms with Crippen LogP contribution in [0, 0.1) is 5.41 Å². The lowest BCUT2D eigenvalue weighted by atomic mass is 9.66. The van der Waals surface area contributed by atoms with Crippen molar-refractivity contribution in [1.82, 2.24) is 4.90 Å². The van der Waals surface area contributed by atoms with E-state index in [0.29, 0.717) is 39.0 Å². The van der Waals surface area contributed by atoms with Gasteiger partial charge in [0.1, 0.15) is 5.41 Å². The molecule has 0 bridgehead atoms. The van der Waals surface area contributed by atoms with Crippen LogP contribution < -0.4 is 0 Å². The molecule has 1 aliphatic carbocycles. The third-order valence-electron chi connectivity index (χ3n) is 4.85. The van der Waals surface area contributed by atoms with E-state index < -0.39 is 17.3 Å².